The van der Waals surface area contributed by atoms with Gasteiger partial charge in [0.25, 0.3) is 0 Å². The van der Waals surface area contributed by atoms with Gasteiger partial charge in [0, 0.05) is 127 Å². The highest BCUT2D eigenvalue weighted by atomic mass is 14.9. The Morgan fingerprint density at radius 2 is 0.696 bits per heavy atom. The second-order valence-electron chi connectivity index (χ2n) is 27.4. The van der Waals surface area contributed by atoms with E-state index in [1.807, 2.05) is 112 Å². The van der Waals surface area contributed by atoms with Crippen molar-refractivity contribution < 1.29 is 49.3 Å². The number of pyridine rings is 6. The van der Waals surface area contributed by atoms with Gasteiger partial charge in [-0.3, -0.25) is 0 Å². The molecule has 0 aliphatic rings. The molecule has 6 heteroatoms. The molecule has 2 atom stereocenters. The molecule has 0 bridgehead atoms. The normalized spacial score (nSPS) is 14.8. The summed E-state index contributed by atoms with van der Waals surface area (Å²) in [6.45, 7) is 17.5. The first-order chi connectivity index (χ1) is 54.9. The lowest BCUT2D eigenvalue weighted by molar-refractivity contribution is -0.661. The molecule has 6 heterocycles. The number of rotatable bonds is 11. The average Bonchev–Trinajstić information content (AvgIpc) is 0.751. The van der Waals surface area contributed by atoms with Crippen LogP contribution in [0.2, 0.25) is 0 Å². The number of hydrogen-bond acceptors (Lipinski definition) is 0. The lowest BCUT2D eigenvalue weighted by atomic mass is 9.96. The van der Waals surface area contributed by atoms with E-state index in [2.05, 4.69) is 242 Å². The van der Waals surface area contributed by atoms with Crippen molar-refractivity contribution >= 4 is 0 Å². The highest BCUT2D eigenvalue weighted by Gasteiger charge is 2.21. The topological polar surface area (TPSA) is 23.3 Å². The third-order valence-electron chi connectivity index (χ3n) is 18.5. The molecule has 0 amide bonds. The van der Waals surface area contributed by atoms with Crippen LogP contribution in [0.25, 0.3) is 67.5 Å². The lowest BCUT2D eigenvalue weighted by Gasteiger charge is -2.11. The molecule has 12 rings (SSSR count). The van der Waals surface area contributed by atoms with E-state index >= 15 is 0 Å². The predicted octanol–water partition coefficient (Wildman–Crippen LogP) is 21.0. The highest BCUT2D eigenvalue weighted by Crippen LogP contribution is 2.30. The molecule has 0 aliphatic heterocycles. The molecule has 0 fully saturated rings. The van der Waals surface area contributed by atoms with Crippen LogP contribution in [-0.4, -0.2) is 0 Å². The van der Waals surface area contributed by atoms with E-state index in [1.54, 1.807) is 30.7 Å². The third kappa shape index (κ3) is 21.4. The number of nitrogens with zero attached hydrogens (tertiary/aromatic N) is 6. The van der Waals surface area contributed by atoms with Gasteiger partial charge >= 0.3 is 0 Å². The van der Waals surface area contributed by atoms with Crippen molar-refractivity contribution in [1.29, 1.82) is 0 Å². The van der Waals surface area contributed by atoms with Gasteiger partial charge in [0.1, 0.15) is 42.3 Å². The molecule has 0 aliphatic carbocycles. The maximum Gasteiger partial charge on any atom is 0.212 e. The van der Waals surface area contributed by atoms with Crippen LogP contribution in [0.5, 0.6) is 0 Å². The van der Waals surface area contributed by atoms with E-state index in [1.165, 1.54) is 103 Å². The van der Waals surface area contributed by atoms with Crippen molar-refractivity contribution in [2.75, 3.05) is 0 Å². The monoisotopic (exact) mass is 1370 g/mol. The van der Waals surface area contributed by atoms with Crippen LogP contribution in [0.3, 0.4) is 0 Å². The molecule has 0 spiro atoms. The maximum absolute atomic E-state index is 8.40. The van der Waals surface area contributed by atoms with Crippen molar-refractivity contribution in [3.63, 3.8) is 0 Å². The van der Waals surface area contributed by atoms with Crippen LogP contribution in [-0.2, 0) is 48.7 Å². The third-order valence-corrected chi connectivity index (χ3v) is 18.5. The van der Waals surface area contributed by atoms with Crippen LogP contribution in [0, 0.1) is 82.0 Å². The van der Waals surface area contributed by atoms with E-state index in [9.17, 15) is 0 Å². The van der Waals surface area contributed by atoms with Gasteiger partial charge in [0.15, 0.2) is 37.2 Å². The van der Waals surface area contributed by atoms with Gasteiger partial charge in [-0.05, 0) is 216 Å². The molecule has 6 aromatic carbocycles. The molecule has 6 nitrogen and oxygen atoms in total. The molecule has 12 aromatic rings. The Hall–Kier alpha value is -9.78. The van der Waals surface area contributed by atoms with Crippen molar-refractivity contribution in [3.05, 3.63) is 321 Å². The van der Waals surface area contributed by atoms with Crippen molar-refractivity contribution in [1.82, 2.24) is 0 Å². The average molecular weight is 1370 g/mol. The maximum atomic E-state index is 8.40. The zero-order valence-corrected chi connectivity index (χ0v) is 64.2. The van der Waals surface area contributed by atoms with E-state index in [-0.39, 0.29) is 24.4 Å². The number of hydrogen-bond donors (Lipinski definition) is 0. The van der Waals surface area contributed by atoms with Crippen LogP contribution in [0.1, 0.15) is 178 Å². The summed E-state index contributed by atoms with van der Waals surface area (Å²) in [6.07, 6.45) is 11.4. The Balaban J connectivity index is 0.000000197. The molecular formula is C96H120N6+6. The molecule has 0 saturated heterocycles. The summed E-state index contributed by atoms with van der Waals surface area (Å²) in [5.74, 6) is -4.86. The van der Waals surface area contributed by atoms with Crippen LogP contribution in [0.4, 0.5) is 0 Å². The second kappa shape index (κ2) is 37.2. The summed E-state index contributed by atoms with van der Waals surface area (Å²) in [5, 5.41) is 0. The summed E-state index contributed by atoms with van der Waals surface area (Å²) in [4.78, 5) is 0. The van der Waals surface area contributed by atoms with Crippen LogP contribution >= 0.6 is 0 Å². The van der Waals surface area contributed by atoms with Gasteiger partial charge in [-0.2, -0.15) is 0 Å². The largest absolute Gasteiger partial charge is 0.212 e. The molecular weight excluding hydrogens is 1240 g/mol. The molecule has 0 N–H and O–H groups in total. The highest BCUT2D eigenvalue weighted by molar-refractivity contribution is 5.66. The number of benzene rings is 6. The van der Waals surface area contributed by atoms with E-state index in [4.69, 9.17) is 21.9 Å². The van der Waals surface area contributed by atoms with E-state index in [0.29, 0.717) is 17.2 Å². The zero-order valence-electron chi connectivity index (χ0n) is 80.2. The standard InChI is InChI=1S/4C17H22N.2C14H16N/c1-12(2)16-10-17(18(5)11-14(16)4)15-9-7-6-8-13(15)3;2*1-12(2)16-11-18(5)17(10-14(16)4)15-9-7-6-8-13(15)3;1-13(2)11-15-8-9-16(14(3)12-15)17-7-5-6-10-18(17)4;2*1-11-7-8-12(2)13(10-11)14-6-4-5-9-15(14)3/h3*6-12H,1-5H3;5-10,12-13H,11H2,1-4H3;2*4-10H,1-3H3/q6*+1/i1D3,4D3,12D;1D,12D;;1D3,2D3,13D;;. The fourth-order valence-corrected chi connectivity index (χ4v) is 12.7. The smallest absolute Gasteiger partial charge is 0.201 e. The molecule has 102 heavy (non-hydrogen) atoms. The number of aryl methyl sites for hydroxylation is 17. The Kier molecular flexibility index (Phi) is 21.5. The minimum Gasteiger partial charge on any atom is -0.201 e. The first-order valence-corrected chi connectivity index (χ1v) is 35.0. The van der Waals surface area contributed by atoms with Crippen LogP contribution < -0.4 is 27.4 Å². The molecule has 2 unspecified atom stereocenters. The van der Waals surface area contributed by atoms with Crippen molar-refractivity contribution in [2.24, 2.45) is 48.2 Å². The molecule has 0 saturated carbocycles. The Morgan fingerprint density at radius 1 is 0.304 bits per heavy atom. The van der Waals surface area contributed by atoms with Gasteiger partial charge in [-0.25, -0.2) is 27.4 Å². The van der Waals surface area contributed by atoms with Crippen LogP contribution in [0.15, 0.2) is 237 Å². The fourth-order valence-electron chi connectivity index (χ4n) is 12.7. The van der Waals surface area contributed by atoms with Crippen molar-refractivity contribution in [2.45, 2.75) is 155 Å². The second-order valence-corrected chi connectivity index (χ2v) is 27.4. The predicted molar refractivity (Wildman–Crippen MR) is 431 cm³/mol. The molecule has 528 valence electrons. The minimum atomic E-state index is -2.91. The van der Waals surface area contributed by atoms with Crippen molar-refractivity contribution in [3.8, 4) is 67.5 Å². The lowest BCUT2D eigenvalue weighted by Crippen LogP contribution is -2.32. The van der Waals surface area contributed by atoms with Gasteiger partial charge in [0.2, 0.25) is 34.2 Å². The zero-order chi connectivity index (χ0) is 88.1. The first-order valence-electron chi connectivity index (χ1n) is 43.2. The quantitative estimate of drug-likeness (QED) is 0.115. The first kappa shape index (κ1) is 58.8. The summed E-state index contributed by atoms with van der Waals surface area (Å²) in [7, 11) is 11.9. The number of aromatic nitrogens is 6. The van der Waals surface area contributed by atoms with Gasteiger partial charge in [-0.15, -0.1) is 0 Å². The van der Waals surface area contributed by atoms with E-state index < -0.39 is 45.1 Å². The van der Waals surface area contributed by atoms with Gasteiger partial charge in [0.05, 0.1) is 0 Å². The van der Waals surface area contributed by atoms with Gasteiger partial charge in [-0.1, -0.05) is 157 Å². The molecule has 6 aromatic heterocycles. The Bertz CT molecular complexity index is 5350. The Morgan fingerprint density at radius 3 is 1.10 bits per heavy atom. The Labute approximate surface area is 638 Å². The SMILES string of the molecule is Cc1ccc(C)c(-c2cccc[n+]2C)c1.Cc1ccc(C)c(-c2cccc[n+]2C)c1.Cc1ccccc1-c1cc(C)c(C(C)C)c[n+]1C.[2H]C([2H])([2H])C([2H])(Cc1ccc(-c2cccc[n+]2C)c(C)c1)C([2H])([2H])[2H].[2H]C([2H])([2H])c1c[n+](C)c(-c2ccccc2C)cc1C([2H])(C)C([2H])([2H])[2H].[2H]CC([2H])(C)c1c[n+](C)c(-c2ccccc2C)cc1C. The van der Waals surface area contributed by atoms with E-state index in [0.717, 1.165) is 44.8 Å². The summed E-state index contributed by atoms with van der Waals surface area (Å²) >= 11 is 0. The fraction of sp³-hybridized carbons (Fsp3) is 0.312. The molecule has 0 radical (unpaired) electrons. The minimum absolute atomic E-state index is 0.00357. The summed E-state index contributed by atoms with van der Waals surface area (Å²) in [5.41, 5.74) is 28.5. The van der Waals surface area contributed by atoms with Gasteiger partial charge < -0.3 is 0 Å². The summed E-state index contributed by atoms with van der Waals surface area (Å²) in [6, 6.07) is 67.3. The summed E-state index contributed by atoms with van der Waals surface area (Å²) < 4.78 is 136.